The summed E-state index contributed by atoms with van der Waals surface area (Å²) in [4.78, 5) is 0. The van der Waals surface area contributed by atoms with Crippen LogP contribution in [0, 0.1) is 0 Å². The molecular weight excluding hydrogens is 1170 g/mol. The molecule has 10 aromatic rings. The SMILES string of the molecule is CC1(C)OB(B2OC(C)(C)C(C)(C)O2)OC1(C)C.CC1(C)c2ccccc2-c2ccc(-c3cc(B4OC(C)(C)C(C)(C)O4)cc(-c4ccc(-c5ccccc5)cc4)c3)cc21.CC1(C)c2ccccc2-c2ccc(-c3cc(Cl)cc(-c4ccc(-c5ccccc5)cc4)c3)cc21. The second kappa shape index (κ2) is 24.0. The van der Waals surface area contributed by atoms with Crippen LogP contribution in [-0.4, -0.2) is 54.7 Å². The van der Waals surface area contributed by atoms with E-state index in [9.17, 15) is 0 Å². The lowest BCUT2D eigenvalue weighted by Crippen LogP contribution is -2.41. The number of halogens is 1. The van der Waals surface area contributed by atoms with Crippen LogP contribution in [0.3, 0.4) is 0 Å². The Hall–Kier alpha value is -7.56. The Morgan fingerprint density at radius 2 is 0.500 bits per heavy atom. The monoisotopic (exact) mass is 1260 g/mol. The third-order valence-electron chi connectivity index (χ3n) is 21.6. The summed E-state index contributed by atoms with van der Waals surface area (Å²) >= 11 is 6.62. The maximum absolute atomic E-state index is 6.62. The van der Waals surface area contributed by atoms with Crippen LogP contribution in [0.1, 0.15) is 133 Å². The van der Waals surface area contributed by atoms with Crippen molar-refractivity contribution in [2.75, 3.05) is 0 Å². The molecule has 3 saturated heterocycles. The molecule has 0 bridgehead atoms. The van der Waals surface area contributed by atoms with E-state index in [0.717, 1.165) is 32.7 Å². The summed E-state index contributed by atoms with van der Waals surface area (Å²) in [7, 11) is -1.39. The predicted octanol–water partition coefficient (Wildman–Crippen LogP) is 21.2. The van der Waals surface area contributed by atoms with Crippen LogP contribution in [0.15, 0.2) is 231 Å². The Morgan fingerprint density at radius 1 is 0.234 bits per heavy atom. The van der Waals surface area contributed by atoms with Gasteiger partial charge >= 0.3 is 21.1 Å². The summed E-state index contributed by atoms with van der Waals surface area (Å²) in [6.07, 6.45) is 0. The summed E-state index contributed by atoms with van der Waals surface area (Å²) in [6.45, 7) is 34.0. The van der Waals surface area contributed by atoms with Crippen molar-refractivity contribution in [3.8, 4) is 89.0 Å². The van der Waals surface area contributed by atoms with Gasteiger partial charge in [0, 0.05) is 15.9 Å². The quantitative estimate of drug-likeness (QED) is 0.141. The van der Waals surface area contributed by atoms with Crippen molar-refractivity contribution in [3.63, 3.8) is 0 Å². The van der Waals surface area contributed by atoms with E-state index in [2.05, 4.69) is 280 Å². The van der Waals surface area contributed by atoms with Gasteiger partial charge in [0.2, 0.25) is 0 Å². The lowest BCUT2D eigenvalue weighted by atomic mass is 9.49. The molecule has 0 unspecified atom stereocenters. The van der Waals surface area contributed by atoms with Crippen LogP contribution < -0.4 is 5.46 Å². The van der Waals surface area contributed by atoms with E-state index < -0.39 is 32.3 Å². The van der Waals surface area contributed by atoms with Crippen molar-refractivity contribution >= 4 is 38.2 Å². The zero-order chi connectivity index (χ0) is 66.5. The molecule has 3 fully saturated rings. The third kappa shape index (κ3) is 12.0. The van der Waals surface area contributed by atoms with Gasteiger partial charge in [0.15, 0.2) is 0 Å². The molecule has 2 aliphatic carbocycles. The van der Waals surface area contributed by atoms with E-state index >= 15 is 0 Å². The van der Waals surface area contributed by atoms with E-state index in [1.54, 1.807) is 0 Å². The minimum absolute atomic E-state index is 0.0173. The molecule has 0 N–H and O–H groups in total. The molecule has 6 nitrogen and oxygen atoms in total. The molecule has 0 radical (unpaired) electrons. The Kier molecular flexibility index (Phi) is 16.6. The highest BCUT2D eigenvalue weighted by atomic mass is 35.5. The molecule has 94 heavy (non-hydrogen) atoms. The zero-order valence-corrected chi connectivity index (χ0v) is 58.3. The fourth-order valence-corrected chi connectivity index (χ4v) is 14.0. The van der Waals surface area contributed by atoms with E-state index in [-0.39, 0.29) is 33.2 Å². The predicted molar refractivity (Wildman–Crippen MR) is 394 cm³/mol. The minimum atomic E-state index is -0.476. The first-order valence-corrected chi connectivity index (χ1v) is 33.6. The highest BCUT2D eigenvalue weighted by Gasteiger charge is 2.64. The molecule has 10 heteroatoms. The van der Waals surface area contributed by atoms with Crippen molar-refractivity contribution in [1.82, 2.24) is 0 Å². The molecular formula is C84H86B3ClO6. The van der Waals surface area contributed by atoms with E-state index in [4.69, 9.17) is 39.5 Å². The number of hydrogen-bond acceptors (Lipinski definition) is 6. The standard InChI is InChI=1S/C39H37BO2.C33H25Cl.C12H24B2O4/c1-37(2)35-15-11-10-14-33(35)34-21-20-29(25-36(34)37)31-22-30(23-32(24-31)40-41-38(3,4)39(5,6)42-40)28-18-16-27(17-19-28)26-12-8-7-9-13-26;1-33(2)31-11-7-6-10-29(31)30-17-16-25(21-32(30)33)27-18-26(19-28(34)20-27)24-14-12-23(13-15-24)22-8-4-3-5-9-22;1-9(2)10(3,4)16-13(15-9)14-17-11(5,6)12(7,8)18-14/h7-25H,1-6H3;3-21H,1-2H3;1-8H3. The van der Waals surface area contributed by atoms with Crippen LogP contribution >= 0.6 is 11.6 Å². The van der Waals surface area contributed by atoms with Gasteiger partial charge in [0.25, 0.3) is 0 Å². The van der Waals surface area contributed by atoms with E-state index in [0.29, 0.717) is 0 Å². The van der Waals surface area contributed by atoms with Crippen LogP contribution in [0.2, 0.25) is 5.02 Å². The second-order valence-electron chi connectivity index (χ2n) is 30.2. The first-order chi connectivity index (χ1) is 44.4. The third-order valence-corrected chi connectivity index (χ3v) is 21.8. The first kappa shape index (κ1) is 65.1. The number of hydrogen-bond donors (Lipinski definition) is 0. The molecule has 15 rings (SSSR count). The maximum atomic E-state index is 6.62. The summed E-state index contributed by atoms with van der Waals surface area (Å²) in [5, 5.41) is 0.752. The lowest BCUT2D eigenvalue weighted by Gasteiger charge is -2.32. The maximum Gasteiger partial charge on any atom is 0.494 e. The highest BCUT2D eigenvalue weighted by molar-refractivity contribution is 7.11. The van der Waals surface area contributed by atoms with E-state index in [1.807, 2.05) is 61.5 Å². The molecule has 3 aliphatic heterocycles. The van der Waals surface area contributed by atoms with Gasteiger partial charge in [-0.3, -0.25) is 0 Å². The molecule has 0 amide bonds. The second-order valence-corrected chi connectivity index (χ2v) is 30.6. The van der Waals surface area contributed by atoms with Crippen molar-refractivity contribution < 1.29 is 27.9 Å². The molecule has 10 aromatic carbocycles. The van der Waals surface area contributed by atoms with Crippen molar-refractivity contribution in [2.24, 2.45) is 0 Å². The molecule has 0 aromatic heterocycles. The number of rotatable bonds is 8. The smallest absolute Gasteiger partial charge is 0.405 e. The molecule has 474 valence electrons. The first-order valence-electron chi connectivity index (χ1n) is 33.3. The lowest BCUT2D eigenvalue weighted by molar-refractivity contribution is 0.00578. The molecule has 5 aliphatic rings. The Balaban J connectivity index is 0.000000138. The van der Waals surface area contributed by atoms with Gasteiger partial charge in [-0.2, -0.15) is 0 Å². The zero-order valence-electron chi connectivity index (χ0n) is 57.5. The molecule has 3 heterocycles. The van der Waals surface area contributed by atoms with Gasteiger partial charge in [-0.25, -0.2) is 0 Å². The van der Waals surface area contributed by atoms with Gasteiger partial charge < -0.3 is 27.9 Å². The van der Waals surface area contributed by atoms with Gasteiger partial charge in [-0.15, -0.1) is 0 Å². The van der Waals surface area contributed by atoms with Crippen LogP contribution in [0.25, 0.3) is 89.0 Å². The number of fused-ring (bicyclic) bond motifs is 6. The Bertz CT molecular complexity index is 4390. The summed E-state index contributed by atoms with van der Waals surface area (Å²) in [6, 6.07) is 83.1. The Morgan fingerprint density at radius 3 is 0.872 bits per heavy atom. The highest BCUT2D eigenvalue weighted by Crippen LogP contribution is 2.52. The number of benzene rings is 10. The average Bonchev–Trinajstić information content (AvgIpc) is 1.58. The van der Waals surface area contributed by atoms with Crippen molar-refractivity contribution in [2.45, 2.75) is 155 Å². The summed E-state index contributed by atoms with van der Waals surface area (Å²) in [5.74, 6) is 0. The van der Waals surface area contributed by atoms with Crippen LogP contribution in [-0.2, 0) is 38.8 Å². The average molecular weight is 1260 g/mol. The van der Waals surface area contributed by atoms with Crippen LogP contribution in [0.5, 0.6) is 0 Å². The summed E-state index contributed by atoms with van der Waals surface area (Å²) in [5.41, 5.74) is 23.8. The minimum Gasteiger partial charge on any atom is -0.405 e. The Labute approximate surface area is 564 Å². The topological polar surface area (TPSA) is 55.4 Å². The molecule has 0 spiro atoms. The van der Waals surface area contributed by atoms with Crippen molar-refractivity contribution in [3.05, 3.63) is 258 Å². The summed E-state index contributed by atoms with van der Waals surface area (Å²) < 4.78 is 36.9. The van der Waals surface area contributed by atoms with Gasteiger partial charge in [-0.1, -0.05) is 233 Å². The normalized spacial score (nSPS) is 18.8. The molecule has 0 atom stereocenters. The van der Waals surface area contributed by atoms with Gasteiger partial charge in [0.1, 0.15) is 0 Å². The van der Waals surface area contributed by atoms with Gasteiger partial charge in [-0.05, 0) is 236 Å². The largest absolute Gasteiger partial charge is 0.494 e. The van der Waals surface area contributed by atoms with Crippen LogP contribution in [0.4, 0.5) is 0 Å². The van der Waals surface area contributed by atoms with Crippen molar-refractivity contribution in [1.29, 1.82) is 0 Å². The molecule has 0 saturated carbocycles. The fourth-order valence-electron chi connectivity index (χ4n) is 13.8. The fraction of sp³-hybridized carbons (Fsp3) is 0.286. The van der Waals surface area contributed by atoms with Gasteiger partial charge in [0.05, 0.1) is 33.6 Å². The van der Waals surface area contributed by atoms with E-state index in [1.165, 1.54) is 89.0 Å².